The third-order valence-electron chi connectivity index (χ3n) is 2.93. The van der Waals surface area contributed by atoms with E-state index in [-0.39, 0.29) is 12.5 Å². The number of carbonyl (C=O) groups excluding carboxylic acids is 1. The Hall–Kier alpha value is -0.780. The summed E-state index contributed by atoms with van der Waals surface area (Å²) >= 11 is 0. The van der Waals surface area contributed by atoms with E-state index in [2.05, 4.69) is 0 Å². The Labute approximate surface area is 100 Å². The molecule has 0 bridgehead atoms. The number of carbonyl (C=O) groups is 1. The fraction of sp³-hybridized carbons (Fsp3) is 0.909. The monoisotopic (exact) mass is 254 g/mol. The molecular formula is C11H21F3N2O. The fourth-order valence-corrected chi connectivity index (χ4v) is 1.31. The second-order valence-corrected chi connectivity index (χ2v) is 4.56. The number of likely N-dealkylation sites (N-methyl/N-ethyl adjacent to an activating group) is 1. The summed E-state index contributed by atoms with van der Waals surface area (Å²) in [6.07, 6.45) is -3.93. The van der Waals surface area contributed by atoms with Gasteiger partial charge in [-0.05, 0) is 19.8 Å². The Bertz CT molecular complexity index is 264. The topological polar surface area (TPSA) is 46.3 Å². The number of nitrogens with two attached hydrogens (primary N) is 1. The third-order valence-corrected chi connectivity index (χ3v) is 2.93. The van der Waals surface area contributed by atoms with E-state index in [1.165, 1.54) is 4.90 Å². The minimum Gasteiger partial charge on any atom is -0.341 e. The number of rotatable bonds is 5. The normalized spacial score (nSPS) is 17.4. The van der Waals surface area contributed by atoms with E-state index in [9.17, 15) is 18.0 Å². The summed E-state index contributed by atoms with van der Waals surface area (Å²) in [7, 11) is 0. The first-order chi connectivity index (χ1) is 7.57. The maximum absolute atomic E-state index is 12.6. The number of amides is 1. The SMILES string of the molecule is CCC(C)CN(CC)C(=O)C(C)(N)C(F)(F)F. The van der Waals surface area contributed by atoms with Crippen molar-refractivity contribution in [2.45, 2.75) is 45.8 Å². The predicted molar refractivity (Wildman–Crippen MR) is 60.4 cm³/mol. The summed E-state index contributed by atoms with van der Waals surface area (Å²) < 4.78 is 37.9. The van der Waals surface area contributed by atoms with Gasteiger partial charge in [-0.25, -0.2) is 0 Å². The van der Waals surface area contributed by atoms with E-state index in [4.69, 9.17) is 5.73 Å². The Morgan fingerprint density at radius 1 is 1.35 bits per heavy atom. The Morgan fingerprint density at radius 2 is 1.82 bits per heavy atom. The molecule has 0 aromatic carbocycles. The van der Waals surface area contributed by atoms with Crippen molar-refractivity contribution in [3.05, 3.63) is 0 Å². The number of alkyl halides is 3. The molecule has 0 aliphatic rings. The quantitative estimate of drug-likeness (QED) is 0.817. The van der Waals surface area contributed by atoms with Gasteiger partial charge >= 0.3 is 6.18 Å². The number of hydrogen-bond donors (Lipinski definition) is 1. The van der Waals surface area contributed by atoms with Gasteiger partial charge < -0.3 is 10.6 Å². The number of nitrogens with zero attached hydrogens (tertiary/aromatic N) is 1. The lowest BCUT2D eigenvalue weighted by Gasteiger charge is -2.33. The minimum atomic E-state index is -4.73. The van der Waals surface area contributed by atoms with Crippen LogP contribution in [0.3, 0.4) is 0 Å². The molecule has 0 aromatic heterocycles. The van der Waals surface area contributed by atoms with Crippen molar-refractivity contribution in [1.29, 1.82) is 0 Å². The standard InChI is InChI=1S/C11H21F3N2O/c1-5-8(3)7-16(6-2)9(17)10(4,15)11(12,13)14/h8H,5-7,15H2,1-4H3. The lowest BCUT2D eigenvalue weighted by atomic mass is 10.00. The molecule has 0 rings (SSSR count). The average molecular weight is 254 g/mol. The molecule has 0 aliphatic heterocycles. The summed E-state index contributed by atoms with van der Waals surface area (Å²) in [5.74, 6) is -0.907. The molecule has 6 heteroatoms. The summed E-state index contributed by atoms with van der Waals surface area (Å²) in [5, 5.41) is 0. The van der Waals surface area contributed by atoms with Crippen LogP contribution in [0.15, 0.2) is 0 Å². The molecule has 1 amide bonds. The van der Waals surface area contributed by atoms with Gasteiger partial charge in [-0.2, -0.15) is 13.2 Å². The highest BCUT2D eigenvalue weighted by Crippen LogP contribution is 2.29. The van der Waals surface area contributed by atoms with Gasteiger partial charge in [0, 0.05) is 13.1 Å². The van der Waals surface area contributed by atoms with Crippen molar-refractivity contribution in [3.63, 3.8) is 0 Å². The van der Waals surface area contributed by atoms with E-state index >= 15 is 0 Å². The van der Waals surface area contributed by atoms with Crippen molar-refractivity contribution >= 4 is 5.91 Å². The number of hydrogen-bond acceptors (Lipinski definition) is 2. The van der Waals surface area contributed by atoms with Crippen LogP contribution in [0.2, 0.25) is 0 Å². The smallest absolute Gasteiger partial charge is 0.341 e. The van der Waals surface area contributed by atoms with Crippen LogP contribution >= 0.6 is 0 Å². The third kappa shape index (κ3) is 3.87. The van der Waals surface area contributed by atoms with E-state index in [0.29, 0.717) is 13.5 Å². The van der Waals surface area contributed by atoms with Crippen LogP contribution in [-0.4, -0.2) is 35.6 Å². The maximum atomic E-state index is 12.6. The molecule has 3 nitrogen and oxygen atoms in total. The highest BCUT2D eigenvalue weighted by molar-refractivity contribution is 5.86. The molecule has 2 N–H and O–H groups in total. The first kappa shape index (κ1) is 16.2. The maximum Gasteiger partial charge on any atom is 0.415 e. The van der Waals surface area contributed by atoms with Crippen LogP contribution in [0.5, 0.6) is 0 Å². The van der Waals surface area contributed by atoms with Crippen molar-refractivity contribution in [2.24, 2.45) is 11.7 Å². The molecule has 2 unspecified atom stereocenters. The van der Waals surface area contributed by atoms with Gasteiger partial charge in [-0.1, -0.05) is 20.3 Å². The molecule has 102 valence electrons. The lowest BCUT2D eigenvalue weighted by Crippen LogP contribution is -2.62. The predicted octanol–water partition coefficient (Wildman–Crippen LogP) is 2.16. The minimum absolute atomic E-state index is 0.155. The van der Waals surface area contributed by atoms with Crippen LogP contribution in [0.4, 0.5) is 13.2 Å². The molecule has 0 aliphatic carbocycles. The first-order valence-corrected chi connectivity index (χ1v) is 5.72. The van der Waals surface area contributed by atoms with Crippen molar-refractivity contribution in [3.8, 4) is 0 Å². The number of halogens is 3. The summed E-state index contributed by atoms with van der Waals surface area (Å²) in [4.78, 5) is 12.9. The molecule has 0 spiro atoms. The molecule has 0 saturated carbocycles. The average Bonchev–Trinajstić information content (AvgIpc) is 2.22. The fourth-order valence-electron chi connectivity index (χ4n) is 1.31. The van der Waals surface area contributed by atoms with Gasteiger partial charge in [-0.15, -0.1) is 0 Å². The zero-order chi connectivity index (χ0) is 13.9. The zero-order valence-electron chi connectivity index (χ0n) is 10.8. The molecule has 0 fully saturated rings. The Morgan fingerprint density at radius 3 is 2.12 bits per heavy atom. The summed E-state index contributed by atoms with van der Waals surface area (Å²) in [6, 6.07) is 0. The zero-order valence-corrected chi connectivity index (χ0v) is 10.8. The molecular weight excluding hydrogens is 233 g/mol. The molecule has 0 aromatic rings. The first-order valence-electron chi connectivity index (χ1n) is 5.72. The molecule has 0 radical (unpaired) electrons. The lowest BCUT2D eigenvalue weighted by molar-refractivity contribution is -0.193. The van der Waals surface area contributed by atoms with Gasteiger partial charge in [0.25, 0.3) is 5.91 Å². The Kier molecular flexibility index (Phi) is 5.45. The highest BCUT2D eigenvalue weighted by atomic mass is 19.4. The van der Waals surface area contributed by atoms with Crippen LogP contribution in [0.1, 0.15) is 34.1 Å². The summed E-state index contributed by atoms with van der Waals surface area (Å²) in [6.45, 7) is 6.70. The highest BCUT2D eigenvalue weighted by Gasteiger charge is 2.55. The van der Waals surface area contributed by atoms with Crippen molar-refractivity contribution in [2.75, 3.05) is 13.1 Å². The van der Waals surface area contributed by atoms with E-state index in [1.807, 2.05) is 13.8 Å². The van der Waals surface area contributed by atoms with E-state index in [1.54, 1.807) is 6.92 Å². The van der Waals surface area contributed by atoms with Gasteiger partial charge in [0.2, 0.25) is 0 Å². The molecule has 17 heavy (non-hydrogen) atoms. The van der Waals surface area contributed by atoms with Crippen molar-refractivity contribution < 1.29 is 18.0 Å². The van der Waals surface area contributed by atoms with E-state index in [0.717, 1.165) is 6.42 Å². The van der Waals surface area contributed by atoms with Gasteiger partial charge in [-0.3, -0.25) is 4.79 Å². The van der Waals surface area contributed by atoms with Crippen LogP contribution in [0, 0.1) is 5.92 Å². The summed E-state index contributed by atoms with van der Waals surface area (Å²) in [5.41, 5.74) is 2.31. The van der Waals surface area contributed by atoms with Crippen molar-refractivity contribution in [1.82, 2.24) is 4.90 Å². The second-order valence-electron chi connectivity index (χ2n) is 4.56. The molecule has 0 saturated heterocycles. The second kappa shape index (κ2) is 5.71. The van der Waals surface area contributed by atoms with Gasteiger partial charge in [0.05, 0.1) is 0 Å². The largest absolute Gasteiger partial charge is 0.415 e. The van der Waals surface area contributed by atoms with Crippen LogP contribution in [0.25, 0.3) is 0 Å². The van der Waals surface area contributed by atoms with Crippen LogP contribution < -0.4 is 5.73 Å². The Balaban J connectivity index is 4.87. The molecule has 0 heterocycles. The van der Waals surface area contributed by atoms with Gasteiger partial charge in [0.15, 0.2) is 5.54 Å². The van der Waals surface area contributed by atoms with Gasteiger partial charge in [0.1, 0.15) is 0 Å². The molecule has 2 atom stereocenters. The van der Waals surface area contributed by atoms with Crippen LogP contribution in [-0.2, 0) is 4.79 Å². The van der Waals surface area contributed by atoms with E-state index < -0.39 is 17.6 Å².